The van der Waals surface area contributed by atoms with Gasteiger partial charge in [0.15, 0.2) is 0 Å². The van der Waals surface area contributed by atoms with Crippen molar-refractivity contribution in [3.63, 3.8) is 0 Å². The Morgan fingerprint density at radius 1 is 1.26 bits per heavy atom. The highest BCUT2D eigenvalue weighted by Gasteiger charge is 1.99. The molecule has 0 aliphatic carbocycles. The van der Waals surface area contributed by atoms with Crippen LogP contribution in [0.3, 0.4) is 0 Å². The maximum Gasteiger partial charge on any atom is 0.103 e. The van der Waals surface area contributed by atoms with E-state index < -0.39 is 0 Å². The second-order valence-corrected chi connectivity index (χ2v) is 6.91. The van der Waals surface area contributed by atoms with E-state index in [-0.39, 0.29) is 0 Å². The molecule has 0 saturated carbocycles. The average molecular weight is 292 g/mol. The molecule has 1 aromatic carbocycles. The minimum Gasteiger partial charge on any atom is -0.312 e. The van der Waals surface area contributed by atoms with Gasteiger partial charge in [-0.2, -0.15) is 0 Å². The predicted molar refractivity (Wildman–Crippen MR) is 84.7 cm³/mol. The van der Waals surface area contributed by atoms with Gasteiger partial charge >= 0.3 is 0 Å². The van der Waals surface area contributed by atoms with Gasteiger partial charge in [0.25, 0.3) is 0 Å². The molecular formula is C15H20N2S2. The molecular weight excluding hydrogens is 272 g/mol. The quantitative estimate of drug-likeness (QED) is 0.775. The predicted octanol–water partition coefficient (Wildman–Crippen LogP) is 4.18. The largest absolute Gasteiger partial charge is 0.312 e. The topological polar surface area (TPSA) is 24.9 Å². The van der Waals surface area contributed by atoms with E-state index in [1.165, 1.54) is 15.5 Å². The first-order valence-corrected chi connectivity index (χ1v) is 8.41. The van der Waals surface area contributed by atoms with Gasteiger partial charge in [0.1, 0.15) is 5.01 Å². The third-order valence-electron chi connectivity index (χ3n) is 2.65. The van der Waals surface area contributed by atoms with Gasteiger partial charge in [0, 0.05) is 23.0 Å². The standard InChI is InChI=1S/C15H20N2S2/c1-12(2)9-16-10-13-3-5-14(6-4-13)19-11-15-17-7-8-18-15/h3-8,12,16H,9-11H2,1-2H3. The van der Waals surface area contributed by atoms with Crippen molar-refractivity contribution >= 4 is 23.1 Å². The van der Waals surface area contributed by atoms with Crippen LogP contribution in [0.2, 0.25) is 0 Å². The number of nitrogens with one attached hydrogen (secondary N) is 1. The molecule has 0 aliphatic heterocycles. The number of benzene rings is 1. The fraction of sp³-hybridized carbons (Fsp3) is 0.400. The molecule has 0 radical (unpaired) electrons. The Kier molecular flexibility index (Phi) is 5.89. The van der Waals surface area contributed by atoms with Gasteiger partial charge in [0.05, 0.1) is 5.75 Å². The van der Waals surface area contributed by atoms with Crippen molar-refractivity contribution in [1.29, 1.82) is 0 Å². The first-order chi connectivity index (χ1) is 9.24. The van der Waals surface area contributed by atoms with Gasteiger partial charge < -0.3 is 5.32 Å². The lowest BCUT2D eigenvalue weighted by molar-refractivity contribution is 0.552. The normalized spacial score (nSPS) is 11.1. The molecule has 2 rings (SSSR count). The Morgan fingerprint density at radius 3 is 2.68 bits per heavy atom. The van der Waals surface area contributed by atoms with Crippen LogP contribution in [0.1, 0.15) is 24.4 Å². The first kappa shape index (κ1) is 14.6. The summed E-state index contributed by atoms with van der Waals surface area (Å²) in [4.78, 5) is 5.60. The fourth-order valence-corrected chi connectivity index (χ4v) is 3.22. The number of hydrogen-bond acceptors (Lipinski definition) is 4. The molecule has 0 spiro atoms. The van der Waals surface area contributed by atoms with Gasteiger partial charge in [-0.05, 0) is 30.2 Å². The van der Waals surface area contributed by atoms with Crippen LogP contribution < -0.4 is 5.32 Å². The van der Waals surface area contributed by atoms with Gasteiger partial charge in [0.2, 0.25) is 0 Å². The van der Waals surface area contributed by atoms with Crippen LogP contribution in [-0.2, 0) is 12.3 Å². The maximum atomic E-state index is 4.29. The van der Waals surface area contributed by atoms with Crippen molar-refractivity contribution < 1.29 is 0 Å². The summed E-state index contributed by atoms with van der Waals surface area (Å²) < 4.78 is 0. The van der Waals surface area contributed by atoms with Crippen LogP contribution in [0.5, 0.6) is 0 Å². The van der Waals surface area contributed by atoms with E-state index >= 15 is 0 Å². The molecule has 1 aromatic heterocycles. The van der Waals surface area contributed by atoms with Crippen molar-refractivity contribution in [2.24, 2.45) is 5.92 Å². The van der Waals surface area contributed by atoms with E-state index in [1.54, 1.807) is 11.3 Å². The SMILES string of the molecule is CC(C)CNCc1ccc(SCc2nccs2)cc1. The molecule has 2 nitrogen and oxygen atoms in total. The lowest BCUT2D eigenvalue weighted by atomic mass is 10.2. The molecule has 1 heterocycles. The lowest BCUT2D eigenvalue weighted by Gasteiger charge is -2.08. The van der Waals surface area contributed by atoms with E-state index in [0.717, 1.165) is 18.8 Å². The number of thiazole rings is 1. The van der Waals surface area contributed by atoms with Crippen LogP contribution >= 0.6 is 23.1 Å². The lowest BCUT2D eigenvalue weighted by Crippen LogP contribution is -2.18. The molecule has 19 heavy (non-hydrogen) atoms. The number of hydrogen-bond donors (Lipinski definition) is 1. The summed E-state index contributed by atoms with van der Waals surface area (Å²) in [5, 5.41) is 6.67. The zero-order chi connectivity index (χ0) is 13.5. The summed E-state index contributed by atoms with van der Waals surface area (Å²) in [5.74, 6) is 1.66. The van der Waals surface area contributed by atoms with Crippen molar-refractivity contribution in [3.8, 4) is 0 Å². The zero-order valence-electron chi connectivity index (χ0n) is 11.4. The molecule has 0 unspecified atom stereocenters. The summed E-state index contributed by atoms with van der Waals surface area (Å²) in [5.41, 5.74) is 1.35. The molecule has 0 bridgehead atoms. The van der Waals surface area contributed by atoms with E-state index in [0.29, 0.717) is 5.92 Å². The van der Waals surface area contributed by atoms with Crippen LogP contribution in [0.25, 0.3) is 0 Å². The molecule has 0 amide bonds. The summed E-state index contributed by atoms with van der Waals surface area (Å²) in [6.07, 6.45) is 1.87. The Bertz CT molecular complexity index is 463. The van der Waals surface area contributed by atoms with Crippen molar-refractivity contribution in [2.75, 3.05) is 6.54 Å². The van der Waals surface area contributed by atoms with E-state index in [2.05, 4.69) is 48.4 Å². The smallest absolute Gasteiger partial charge is 0.103 e. The zero-order valence-corrected chi connectivity index (χ0v) is 13.1. The molecule has 0 aliphatic rings. The highest BCUT2D eigenvalue weighted by Crippen LogP contribution is 2.23. The van der Waals surface area contributed by atoms with E-state index in [4.69, 9.17) is 0 Å². The fourth-order valence-electron chi connectivity index (χ4n) is 1.68. The number of nitrogens with zero attached hydrogens (tertiary/aromatic N) is 1. The Balaban J connectivity index is 1.77. The van der Waals surface area contributed by atoms with Gasteiger partial charge in [-0.25, -0.2) is 4.98 Å². The second-order valence-electron chi connectivity index (χ2n) is 4.88. The van der Waals surface area contributed by atoms with Gasteiger partial charge in [-0.15, -0.1) is 23.1 Å². The van der Waals surface area contributed by atoms with E-state index in [1.807, 2.05) is 23.3 Å². The van der Waals surface area contributed by atoms with Crippen LogP contribution in [0.15, 0.2) is 40.7 Å². The number of thioether (sulfide) groups is 1. The number of rotatable bonds is 7. The Hall–Kier alpha value is -0.840. The van der Waals surface area contributed by atoms with Crippen LogP contribution in [0, 0.1) is 5.92 Å². The average Bonchev–Trinajstić information content (AvgIpc) is 2.90. The van der Waals surface area contributed by atoms with Crippen molar-refractivity contribution in [1.82, 2.24) is 10.3 Å². The minimum absolute atomic E-state index is 0.702. The molecule has 0 atom stereocenters. The summed E-state index contributed by atoms with van der Waals surface area (Å²) in [6.45, 7) is 6.48. The molecule has 0 fully saturated rings. The van der Waals surface area contributed by atoms with Gasteiger partial charge in [-0.3, -0.25) is 0 Å². The van der Waals surface area contributed by atoms with Gasteiger partial charge in [-0.1, -0.05) is 26.0 Å². The summed E-state index contributed by atoms with van der Waals surface area (Å²) in [6, 6.07) is 8.81. The first-order valence-electron chi connectivity index (χ1n) is 6.55. The highest BCUT2D eigenvalue weighted by molar-refractivity contribution is 7.98. The molecule has 1 N–H and O–H groups in total. The second kappa shape index (κ2) is 7.68. The molecule has 102 valence electrons. The highest BCUT2D eigenvalue weighted by atomic mass is 32.2. The molecule has 2 aromatic rings. The van der Waals surface area contributed by atoms with Crippen LogP contribution in [0.4, 0.5) is 0 Å². The minimum atomic E-state index is 0.702. The summed E-state index contributed by atoms with van der Waals surface area (Å²) >= 11 is 3.56. The summed E-state index contributed by atoms with van der Waals surface area (Å²) in [7, 11) is 0. The Morgan fingerprint density at radius 2 is 2.05 bits per heavy atom. The van der Waals surface area contributed by atoms with E-state index in [9.17, 15) is 0 Å². The third-order valence-corrected chi connectivity index (χ3v) is 4.64. The molecule has 4 heteroatoms. The van der Waals surface area contributed by atoms with Crippen molar-refractivity contribution in [3.05, 3.63) is 46.4 Å². The third kappa shape index (κ3) is 5.35. The Labute approximate surface area is 123 Å². The van der Waals surface area contributed by atoms with Crippen molar-refractivity contribution in [2.45, 2.75) is 31.0 Å². The van der Waals surface area contributed by atoms with Crippen LogP contribution in [-0.4, -0.2) is 11.5 Å². The number of aromatic nitrogens is 1. The molecule has 0 saturated heterocycles. The maximum absolute atomic E-state index is 4.29. The monoisotopic (exact) mass is 292 g/mol.